The van der Waals surface area contributed by atoms with Gasteiger partial charge < -0.3 is 9.84 Å². The van der Waals surface area contributed by atoms with Gasteiger partial charge in [-0.3, -0.25) is 0 Å². The second kappa shape index (κ2) is 4.98. The van der Waals surface area contributed by atoms with Crippen molar-refractivity contribution in [1.82, 2.24) is 0 Å². The molecule has 0 aromatic heterocycles. The minimum atomic E-state index is -0.272. The van der Waals surface area contributed by atoms with Gasteiger partial charge in [0.25, 0.3) is 0 Å². The summed E-state index contributed by atoms with van der Waals surface area (Å²) in [6.07, 6.45) is 1.75. The number of hydrogen-bond donors (Lipinski definition) is 1. The van der Waals surface area contributed by atoms with Crippen molar-refractivity contribution >= 4 is 0 Å². The fourth-order valence-electron chi connectivity index (χ4n) is 2.37. The van der Waals surface area contributed by atoms with Gasteiger partial charge in [0.05, 0.1) is 18.8 Å². The Bertz CT molecular complexity index is 348. The van der Waals surface area contributed by atoms with Crippen LogP contribution in [0.4, 0.5) is 0 Å². The van der Waals surface area contributed by atoms with Gasteiger partial charge >= 0.3 is 0 Å². The van der Waals surface area contributed by atoms with E-state index in [1.165, 1.54) is 11.1 Å². The first-order valence-electron chi connectivity index (χ1n) is 6.00. The van der Waals surface area contributed by atoms with E-state index in [1.54, 1.807) is 0 Å². The molecule has 1 saturated heterocycles. The van der Waals surface area contributed by atoms with Gasteiger partial charge in [-0.1, -0.05) is 29.8 Å². The summed E-state index contributed by atoms with van der Waals surface area (Å²) in [7, 11) is 0. The summed E-state index contributed by atoms with van der Waals surface area (Å²) in [6.45, 7) is 4.85. The quantitative estimate of drug-likeness (QED) is 0.847. The van der Waals surface area contributed by atoms with Gasteiger partial charge in [-0.15, -0.1) is 0 Å². The van der Waals surface area contributed by atoms with E-state index in [0.717, 1.165) is 12.8 Å². The normalized spacial score (nSPS) is 26.9. The van der Waals surface area contributed by atoms with Crippen molar-refractivity contribution in [2.45, 2.75) is 38.9 Å². The molecule has 2 nitrogen and oxygen atoms in total. The molecule has 1 N–H and O–H groups in total. The number of ether oxygens (including phenoxy) is 1. The molecular formula is C14H20O2. The number of rotatable bonds is 3. The topological polar surface area (TPSA) is 29.5 Å². The van der Waals surface area contributed by atoms with Crippen LogP contribution in [0, 0.1) is 12.8 Å². The molecule has 0 bridgehead atoms. The first kappa shape index (κ1) is 11.6. The Hall–Kier alpha value is -0.860. The number of benzene rings is 1. The van der Waals surface area contributed by atoms with Crippen LogP contribution in [0.1, 0.15) is 24.5 Å². The minimum absolute atomic E-state index is 0.272. The van der Waals surface area contributed by atoms with Gasteiger partial charge in [0, 0.05) is 5.92 Å². The zero-order valence-corrected chi connectivity index (χ0v) is 10.0. The molecule has 1 heterocycles. The maximum absolute atomic E-state index is 10.1. The van der Waals surface area contributed by atoms with Crippen molar-refractivity contribution in [1.29, 1.82) is 0 Å². The molecule has 3 unspecified atom stereocenters. The lowest BCUT2D eigenvalue weighted by molar-refractivity contribution is 0.0807. The van der Waals surface area contributed by atoms with Crippen LogP contribution in [0.25, 0.3) is 0 Å². The molecule has 1 aliphatic heterocycles. The van der Waals surface area contributed by atoms with E-state index in [-0.39, 0.29) is 6.10 Å². The summed E-state index contributed by atoms with van der Waals surface area (Å²) in [4.78, 5) is 0. The highest BCUT2D eigenvalue weighted by atomic mass is 16.5. The summed E-state index contributed by atoms with van der Waals surface area (Å²) >= 11 is 0. The van der Waals surface area contributed by atoms with Gasteiger partial charge in [0.15, 0.2) is 0 Å². The second-order valence-electron chi connectivity index (χ2n) is 4.90. The van der Waals surface area contributed by atoms with E-state index in [4.69, 9.17) is 4.74 Å². The standard InChI is InChI=1S/C14H20O2/c1-10-4-3-5-12(6-10)8-14(15)13-7-11(2)16-9-13/h3-6,11,13-15H,7-9H2,1-2H3. The monoisotopic (exact) mass is 220 g/mol. The fraction of sp³-hybridized carbons (Fsp3) is 0.571. The molecule has 2 heteroatoms. The van der Waals surface area contributed by atoms with E-state index in [1.807, 2.05) is 6.07 Å². The number of aliphatic hydroxyl groups is 1. The third-order valence-corrected chi connectivity index (χ3v) is 3.30. The molecule has 3 atom stereocenters. The molecule has 0 radical (unpaired) electrons. The van der Waals surface area contributed by atoms with E-state index in [0.29, 0.717) is 18.6 Å². The Morgan fingerprint density at radius 1 is 1.50 bits per heavy atom. The van der Waals surface area contributed by atoms with Gasteiger partial charge in [0.2, 0.25) is 0 Å². The molecular weight excluding hydrogens is 200 g/mol. The molecule has 0 aliphatic carbocycles. The van der Waals surface area contributed by atoms with Crippen LogP contribution in [0.3, 0.4) is 0 Å². The SMILES string of the molecule is Cc1cccc(CC(O)C2COC(C)C2)c1. The van der Waals surface area contributed by atoms with Crippen molar-refractivity contribution in [3.8, 4) is 0 Å². The first-order chi connectivity index (χ1) is 7.65. The van der Waals surface area contributed by atoms with E-state index in [9.17, 15) is 5.11 Å². The Morgan fingerprint density at radius 3 is 2.94 bits per heavy atom. The van der Waals surface area contributed by atoms with Crippen LogP contribution >= 0.6 is 0 Å². The van der Waals surface area contributed by atoms with Crippen LogP contribution in [-0.4, -0.2) is 23.9 Å². The summed E-state index contributed by atoms with van der Waals surface area (Å²) in [5.41, 5.74) is 2.47. The molecule has 1 aliphatic rings. The molecule has 0 amide bonds. The number of aryl methyl sites for hydroxylation is 1. The number of aliphatic hydroxyl groups excluding tert-OH is 1. The Balaban J connectivity index is 1.94. The first-order valence-corrected chi connectivity index (χ1v) is 6.00. The van der Waals surface area contributed by atoms with Crippen molar-refractivity contribution in [2.24, 2.45) is 5.92 Å². The molecule has 0 saturated carbocycles. The highest BCUT2D eigenvalue weighted by Gasteiger charge is 2.28. The molecule has 1 aromatic rings. The van der Waals surface area contributed by atoms with Crippen LogP contribution in [0.5, 0.6) is 0 Å². The van der Waals surface area contributed by atoms with Crippen molar-refractivity contribution in [3.63, 3.8) is 0 Å². The summed E-state index contributed by atoms with van der Waals surface area (Å²) in [6, 6.07) is 8.35. The highest BCUT2D eigenvalue weighted by Crippen LogP contribution is 2.24. The van der Waals surface area contributed by atoms with Gasteiger partial charge in [0.1, 0.15) is 0 Å². The Morgan fingerprint density at radius 2 is 2.31 bits per heavy atom. The lowest BCUT2D eigenvalue weighted by Gasteiger charge is -2.16. The van der Waals surface area contributed by atoms with Crippen molar-refractivity contribution < 1.29 is 9.84 Å². The van der Waals surface area contributed by atoms with Gasteiger partial charge in [-0.2, -0.15) is 0 Å². The van der Waals surface area contributed by atoms with Crippen LogP contribution in [-0.2, 0) is 11.2 Å². The summed E-state index contributed by atoms with van der Waals surface area (Å²) in [5, 5.41) is 10.1. The predicted octanol–water partition coefficient (Wildman–Crippen LogP) is 2.32. The van der Waals surface area contributed by atoms with Crippen molar-refractivity contribution in [2.75, 3.05) is 6.61 Å². The average molecular weight is 220 g/mol. The van der Waals surface area contributed by atoms with Crippen LogP contribution in [0.2, 0.25) is 0 Å². The fourth-order valence-corrected chi connectivity index (χ4v) is 2.37. The smallest absolute Gasteiger partial charge is 0.0631 e. The van der Waals surface area contributed by atoms with Gasteiger partial charge in [-0.25, -0.2) is 0 Å². The Kier molecular flexibility index (Phi) is 3.62. The van der Waals surface area contributed by atoms with E-state index in [2.05, 4.69) is 32.0 Å². The zero-order chi connectivity index (χ0) is 11.5. The Labute approximate surface area is 97.3 Å². The molecule has 2 rings (SSSR count). The van der Waals surface area contributed by atoms with E-state index >= 15 is 0 Å². The molecule has 0 spiro atoms. The highest BCUT2D eigenvalue weighted by molar-refractivity contribution is 5.22. The zero-order valence-electron chi connectivity index (χ0n) is 10.0. The maximum atomic E-state index is 10.1. The predicted molar refractivity (Wildman–Crippen MR) is 64.4 cm³/mol. The third-order valence-electron chi connectivity index (χ3n) is 3.30. The molecule has 1 aromatic carbocycles. The van der Waals surface area contributed by atoms with Crippen LogP contribution < -0.4 is 0 Å². The molecule has 16 heavy (non-hydrogen) atoms. The van der Waals surface area contributed by atoms with Gasteiger partial charge in [-0.05, 0) is 32.3 Å². The lowest BCUT2D eigenvalue weighted by Crippen LogP contribution is -2.23. The van der Waals surface area contributed by atoms with Crippen LogP contribution in [0.15, 0.2) is 24.3 Å². The van der Waals surface area contributed by atoms with Crippen molar-refractivity contribution in [3.05, 3.63) is 35.4 Å². The molecule has 88 valence electrons. The third kappa shape index (κ3) is 2.83. The lowest BCUT2D eigenvalue weighted by atomic mass is 9.93. The summed E-state index contributed by atoms with van der Waals surface area (Å²) < 4.78 is 5.49. The van der Waals surface area contributed by atoms with E-state index < -0.39 is 0 Å². The minimum Gasteiger partial charge on any atom is -0.392 e. The molecule has 1 fully saturated rings. The average Bonchev–Trinajstić information content (AvgIpc) is 2.65. The summed E-state index contributed by atoms with van der Waals surface area (Å²) in [5.74, 6) is 0.301. The number of hydrogen-bond acceptors (Lipinski definition) is 2. The maximum Gasteiger partial charge on any atom is 0.0631 e. The largest absolute Gasteiger partial charge is 0.392 e. The second-order valence-corrected chi connectivity index (χ2v) is 4.90.